The number of rotatable bonds is 4. The van der Waals surface area contributed by atoms with E-state index in [0.29, 0.717) is 15.1 Å². The molecule has 20 heavy (non-hydrogen) atoms. The van der Waals surface area contributed by atoms with Crippen LogP contribution in [0.1, 0.15) is 31.0 Å². The smallest absolute Gasteiger partial charge is 0.0782 e. The molecule has 4 heteroatoms. The Morgan fingerprint density at radius 1 is 1.00 bits per heavy atom. The number of benzene rings is 2. The third kappa shape index (κ3) is 3.22. The lowest BCUT2D eigenvalue weighted by atomic mass is 10.1. The van der Waals surface area contributed by atoms with Gasteiger partial charge in [0.05, 0.1) is 21.1 Å². The summed E-state index contributed by atoms with van der Waals surface area (Å²) in [6.07, 6.45) is 0.977. The number of anilines is 1. The third-order valence-corrected chi connectivity index (χ3v) is 4.61. The maximum Gasteiger partial charge on any atom is 0.0782 e. The van der Waals surface area contributed by atoms with Crippen LogP contribution in [-0.4, -0.2) is 0 Å². The van der Waals surface area contributed by atoms with E-state index in [4.69, 9.17) is 34.8 Å². The minimum atomic E-state index is 0.0463. The minimum Gasteiger partial charge on any atom is -0.378 e. The average molecular weight is 329 g/mol. The lowest BCUT2D eigenvalue weighted by Crippen LogP contribution is -2.09. The minimum absolute atomic E-state index is 0.0463. The fourth-order valence-electron chi connectivity index (χ4n) is 2.16. The number of para-hydroxylation sites is 1. The molecule has 0 bridgehead atoms. The van der Waals surface area contributed by atoms with Crippen LogP contribution in [0.4, 0.5) is 5.69 Å². The summed E-state index contributed by atoms with van der Waals surface area (Å²) in [5, 5.41) is 4.87. The van der Waals surface area contributed by atoms with Gasteiger partial charge in [-0.2, -0.15) is 0 Å². The van der Waals surface area contributed by atoms with Gasteiger partial charge in [-0.1, -0.05) is 66.0 Å². The van der Waals surface area contributed by atoms with Gasteiger partial charge in [-0.25, -0.2) is 0 Å². The second-order valence-electron chi connectivity index (χ2n) is 4.64. The highest BCUT2D eigenvalue weighted by Crippen LogP contribution is 2.36. The second kappa shape index (κ2) is 6.71. The van der Waals surface area contributed by atoms with Gasteiger partial charge in [0, 0.05) is 5.69 Å². The molecular formula is C16H16Cl3N. The van der Waals surface area contributed by atoms with Gasteiger partial charge < -0.3 is 5.32 Å². The van der Waals surface area contributed by atoms with Crippen LogP contribution in [0.5, 0.6) is 0 Å². The zero-order valence-corrected chi connectivity index (χ0v) is 13.7. The maximum absolute atomic E-state index is 6.28. The Bertz CT molecular complexity index is 611. The van der Waals surface area contributed by atoms with Crippen molar-refractivity contribution in [2.45, 2.75) is 26.3 Å². The van der Waals surface area contributed by atoms with Gasteiger partial charge in [0.15, 0.2) is 0 Å². The fourth-order valence-corrected chi connectivity index (χ4v) is 2.86. The molecule has 1 atom stereocenters. The molecule has 1 nitrogen and oxygen atoms in total. The van der Waals surface area contributed by atoms with Crippen LogP contribution in [0.15, 0.2) is 36.4 Å². The Kier molecular flexibility index (Phi) is 5.20. The third-order valence-electron chi connectivity index (χ3n) is 3.30. The van der Waals surface area contributed by atoms with Crippen molar-refractivity contribution in [1.29, 1.82) is 0 Å². The van der Waals surface area contributed by atoms with Crippen LogP contribution in [0, 0.1) is 0 Å². The number of hydrogen-bond donors (Lipinski definition) is 1. The summed E-state index contributed by atoms with van der Waals surface area (Å²) < 4.78 is 0. The lowest BCUT2D eigenvalue weighted by Gasteiger charge is -2.20. The monoisotopic (exact) mass is 327 g/mol. The fraction of sp³-hybridized carbons (Fsp3) is 0.250. The van der Waals surface area contributed by atoms with Gasteiger partial charge in [-0.15, -0.1) is 0 Å². The summed E-state index contributed by atoms with van der Waals surface area (Å²) in [6, 6.07) is 12.0. The molecule has 0 fully saturated rings. The van der Waals surface area contributed by atoms with E-state index in [-0.39, 0.29) is 6.04 Å². The van der Waals surface area contributed by atoms with Crippen molar-refractivity contribution < 1.29 is 0 Å². The Labute approximate surface area is 134 Å². The summed E-state index contributed by atoms with van der Waals surface area (Å²) in [4.78, 5) is 0. The van der Waals surface area contributed by atoms with Crippen molar-refractivity contribution in [3.8, 4) is 0 Å². The van der Waals surface area contributed by atoms with Crippen LogP contribution in [0.2, 0.25) is 15.1 Å². The average Bonchev–Trinajstić information content (AvgIpc) is 2.45. The van der Waals surface area contributed by atoms with E-state index in [1.54, 1.807) is 6.07 Å². The molecule has 1 N–H and O–H groups in total. The number of nitrogens with one attached hydrogen (secondary N) is 1. The molecule has 0 heterocycles. The van der Waals surface area contributed by atoms with Crippen LogP contribution >= 0.6 is 34.8 Å². The standard InChI is InChI=1S/C16H16Cl3N/c1-3-11-6-4-5-7-14(11)20-10(2)12-8-9-13(17)16(19)15(12)18/h4-10,20H,3H2,1-2H3. The first-order valence-corrected chi connectivity index (χ1v) is 7.65. The molecule has 0 spiro atoms. The maximum atomic E-state index is 6.28. The summed E-state index contributed by atoms with van der Waals surface area (Å²) in [5.41, 5.74) is 3.33. The molecular weight excluding hydrogens is 313 g/mol. The van der Waals surface area contributed by atoms with Gasteiger partial charge in [-0.3, -0.25) is 0 Å². The van der Waals surface area contributed by atoms with Crippen LogP contribution in [0.3, 0.4) is 0 Å². The zero-order chi connectivity index (χ0) is 14.7. The Hall–Kier alpha value is -0.890. The van der Waals surface area contributed by atoms with E-state index in [2.05, 4.69) is 31.3 Å². The first-order chi connectivity index (χ1) is 9.54. The van der Waals surface area contributed by atoms with E-state index in [1.807, 2.05) is 18.2 Å². The largest absolute Gasteiger partial charge is 0.378 e. The number of hydrogen-bond acceptors (Lipinski definition) is 1. The molecule has 0 aromatic heterocycles. The SMILES string of the molecule is CCc1ccccc1NC(C)c1ccc(Cl)c(Cl)c1Cl. The molecule has 2 aromatic carbocycles. The Morgan fingerprint density at radius 2 is 1.70 bits per heavy atom. The highest BCUT2D eigenvalue weighted by atomic mass is 35.5. The molecule has 0 radical (unpaired) electrons. The zero-order valence-electron chi connectivity index (χ0n) is 11.4. The van der Waals surface area contributed by atoms with E-state index >= 15 is 0 Å². The quantitative estimate of drug-likeness (QED) is 0.642. The van der Waals surface area contributed by atoms with Gasteiger partial charge in [0.1, 0.15) is 0 Å². The molecule has 0 aliphatic rings. The molecule has 2 rings (SSSR count). The van der Waals surface area contributed by atoms with Gasteiger partial charge in [0.2, 0.25) is 0 Å². The van der Waals surface area contributed by atoms with Crippen molar-refractivity contribution in [2.75, 3.05) is 5.32 Å². The molecule has 0 aliphatic heterocycles. The van der Waals surface area contributed by atoms with Crippen LogP contribution in [-0.2, 0) is 6.42 Å². The second-order valence-corrected chi connectivity index (χ2v) is 5.80. The number of aryl methyl sites for hydroxylation is 1. The predicted molar refractivity (Wildman–Crippen MR) is 89.3 cm³/mol. The summed E-state index contributed by atoms with van der Waals surface area (Å²) in [7, 11) is 0. The topological polar surface area (TPSA) is 12.0 Å². The Morgan fingerprint density at radius 3 is 2.40 bits per heavy atom. The predicted octanol–water partition coefficient (Wildman–Crippen LogP) is 6.38. The van der Waals surface area contributed by atoms with Crippen molar-refractivity contribution >= 4 is 40.5 Å². The van der Waals surface area contributed by atoms with Crippen molar-refractivity contribution in [2.24, 2.45) is 0 Å². The number of halogens is 3. The molecule has 0 aliphatic carbocycles. The van der Waals surface area contributed by atoms with Crippen LogP contribution < -0.4 is 5.32 Å². The van der Waals surface area contributed by atoms with E-state index in [9.17, 15) is 0 Å². The Balaban J connectivity index is 2.29. The summed E-state index contributed by atoms with van der Waals surface area (Å²) in [6.45, 7) is 4.19. The molecule has 0 saturated heterocycles. The van der Waals surface area contributed by atoms with E-state index in [1.165, 1.54) is 5.56 Å². The van der Waals surface area contributed by atoms with E-state index in [0.717, 1.165) is 17.7 Å². The molecule has 0 saturated carbocycles. The van der Waals surface area contributed by atoms with Crippen molar-refractivity contribution in [1.82, 2.24) is 0 Å². The van der Waals surface area contributed by atoms with Gasteiger partial charge >= 0.3 is 0 Å². The first-order valence-electron chi connectivity index (χ1n) is 6.52. The normalized spacial score (nSPS) is 12.2. The summed E-state index contributed by atoms with van der Waals surface area (Å²) >= 11 is 18.3. The van der Waals surface area contributed by atoms with Crippen LogP contribution in [0.25, 0.3) is 0 Å². The highest BCUT2D eigenvalue weighted by Gasteiger charge is 2.15. The highest BCUT2D eigenvalue weighted by molar-refractivity contribution is 6.48. The van der Waals surface area contributed by atoms with Crippen molar-refractivity contribution in [3.63, 3.8) is 0 Å². The molecule has 2 aromatic rings. The van der Waals surface area contributed by atoms with Gasteiger partial charge in [0.25, 0.3) is 0 Å². The molecule has 106 valence electrons. The summed E-state index contributed by atoms with van der Waals surface area (Å²) in [5.74, 6) is 0. The molecule has 1 unspecified atom stereocenters. The molecule has 0 amide bonds. The van der Waals surface area contributed by atoms with Gasteiger partial charge in [-0.05, 0) is 36.6 Å². The van der Waals surface area contributed by atoms with E-state index < -0.39 is 0 Å². The first kappa shape index (κ1) is 15.5. The lowest BCUT2D eigenvalue weighted by molar-refractivity contribution is 0.880. The van der Waals surface area contributed by atoms with Crippen molar-refractivity contribution in [3.05, 3.63) is 62.6 Å².